The summed E-state index contributed by atoms with van der Waals surface area (Å²) in [5, 5.41) is 6.31. The first-order chi connectivity index (χ1) is 11.2. The molecule has 0 radical (unpaired) electrons. The van der Waals surface area contributed by atoms with E-state index in [1.807, 2.05) is 60.7 Å². The SMILES string of the molecule is [N-]=[N+]=CC(=O)C(Cc1ccccc1)NC(=S)Nc1ccccc1. The van der Waals surface area contributed by atoms with Gasteiger partial charge in [-0.1, -0.05) is 48.5 Å². The Morgan fingerprint density at radius 3 is 2.35 bits per heavy atom. The molecule has 0 aliphatic carbocycles. The minimum atomic E-state index is -0.614. The topological polar surface area (TPSA) is 77.5 Å². The third-order valence-corrected chi connectivity index (χ3v) is 3.37. The summed E-state index contributed by atoms with van der Waals surface area (Å²) in [4.78, 5) is 14.9. The molecule has 0 saturated heterocycles. The van der Waals surface area contributed by atoms with E-state index < -0.39 is 6.04 Å². The molecule has 2 aromatic rings. The van der Waals surface area contributed by atoms with Crippen LogP contribution >= 0.6 is 12.2 Å². The van der Waals surface area contributed by atoms with Crippen molar-refractivity contribution in [2.24, 2.45) is 0 Å². The minimum absolute atomic E-state index is 0.330. The minimum Gasteiger partial charge on any atom is -0.361 e. The van der Waals surface area contributed by atoms with Crippen molar-refractivity contribution in [2.45, 2.75) is 12.5 Å². The maximum absolute atomic E-state index is 12.1. The Kier molecular flexibility index (Phi) is 6.17. The van der Waals surface area contributed by atoms with E-state index in [1.165, 1.54) is 0 Å². The molecule has 23 heavy (non-hydrogen) atoms. The summed E-state index contributed by atoms with van der Waals surface area (Å²) >= 11 is 5.25. The number of para-hydroxylation sites is 1. The van der Waals surface area contributed by atoms with Gasteiger partial charge in [0.2, 0.25) is 0 Å². The lowest BCUT2D eigenvalue weighted by Gasteiger charge is -2.17. The number of ketones is 1. The summed E-state index contributed by atoms with van der Waals surface area (Å²) in [6, 6.07) is 18.4. The highest BCUT2D eigenvalue weighted by molar-refractivity contribution is 7.80. The van der Waals surface area contributed by atoms with Crippen LogP contribution in [0.15, 0.2) is 60.7 Å². The summed E-state index contributed by atoms with van der Waals surface area (Å²) < 4.78 is 0. The third-order valence-electron chi connectivity index (χ3n) is 3.15. The number of carbonyl (C=O) groups excluding carboxylic acids is 1. The fourth-order valence-electron chi connectivity index (χ4n) is 2.07. The van der Waals surface area contributed by atoms with Crippen LogP contribution in [0, 0.1) is 0 Å². The van der Waals surface area contributed by atoms with E-state index in [-0.39, 0.29) is 5.78 Å². The van der Waals surface area contributed by atoms with Crippen molar-refractivity contribution in [2.75, 3.05) is 5.32 Å². The van der Waals surface area contributed by atoms with Crippen molar-refractivity contribution in [1.82, 2.24) is 5.32 Å². The second-order valence-corrected chi connectivity index (χ2v) is 5.26. The maximum Gasteiger partial charge on any atom is 0.325 e. The van der Waals surface area contributed by atoms with Gasteiger partial charge < -0.3 is 16.2 Å². The van der Waals surface area contributed by atoms with Crippen molar-refractivity contribution >= 4 is 35.0 Å². The Hall–Kier alpha value is -2.82. The summed E-state index contributed by atoms with van der Waals surface area (Å²) in [7, 11) is 0. The lowest BCUT2D eigenvalue weighted by atomic mass is 10.0. The van der Waals surface area contributed by atoms with Gasteiger partial charge in [0.05, 0.1) is 0 Å². The summed E-state index contributed by atoms with van der Waals surface area (Å²) in [5.41, 5.74) is 10.4. The van der Waals surface area contributed by atoms with E-state index in [0.29, 0.717) is 11.5 Å². The molecule has 0 aliphatic heterocycles. The number of Topliss-reactive ketones (excluding diaryl/α,β-unsaturated/α-hetero) is 1. The summed E-state index contributed by atoms with van der Waals surface area (Å²) in [6.07, 6.45) is 1.31. The fourth-order valence-corrected chi connectivity index (χ4v) is 2.33. The summed E-state index contributed by atoms with van der Waals surface area (Å²) in [6.45, 7) is 0. The van der Waals surface area contributed by atoms with E-state index in [2.05, 4.69) is 15.4 Å². The van der Waals surface area contributed by atoms with Crippen LogP contribution in [0.25, 0.3) is 5.53 Å². The number of nitrogens with zero attached hydrogens (tertiary/aromatic N) is 2. The molecule has 0 fully saturated rings. The van der Waals surface area contributed by atoms with Crippen molar-refractivity contribution in [1.29, 1.82) is 0 Å². The van der Waals surface area contributed by atoms with Gasteiger partial charge in [-0.25, -0.2) is 0 Å². The zero-order valence-electron chi connectivity index (χ0n) is 12.3. The van der Waals surface area contributed by atoms with Gasteiger partial charge in [0.15, 0.2) is 5.11 Å². The van der Waals surface area contributed by atoms with Crippen LogP contribution < -0.4 is 10.6 Å². The number of rotatable bonds is 6. The van der Waals surface area contributed by atoms with E-state index >= 15 is 0 Å². The van der Waals surface area contributed by atoms with Crippen LogP contribution in [0.4, 0.5) is 5.69 Å². The highest BCUT2D eigenvalue weighted by Gasteiger charge is 2.21. The number of thiocarbonyl (C=S) groups is 1. The van der Waals surface area contributed by atoms with Crippen molar-refractivity contribution in [3.05, 3.63) is 71.8 Å². The van der Waals surface area contributed by atoms with E-state index in [9.17, 15) is 4.79 Å². The van der Waals surface area contributed by atoms with Gasteiger partial charge in [-0.15, -0.1) is 0 Å². The number of hydrogen-bond donors (Lipinski definition) is 2. The van der Waals surface area contributed by atoms with Crippen LogP contribution in [0.5, 0.6) is 0 Å². The molecule has 0 aliphatic rings. The maximum atomic E-state index is 12.1. The predicted molar refractivity (Wildman–Crippen MR) is 94.4 cm³/mol. The molecule has 1 atom stereocenters. The zero-order valence-corrected chi connectivity index (χ0v) is 13.2. The zero-order chi connectivity index (χ0) is 16.5. The molecular weight excluding hydrogens is 308 g/mol. The quantitative estimate of drug-likeness (QED) is 0.370. The first-order valence-electron chi connectivity index (χ1n) is 7.07. The molecule has 0 bridgehead atoms. The van der Waals surface area contributed by atoms with Crippen molar-refractivity contribution < 1.29 is 9.58 Å². The molecule has 0 heterocycles. The second-order valence-electron chi connectivity index (χ2n) is 4.85. The Balaban J connectivity index is 2.06. The standard InChI is InChI=1S/C17H16N4OS/c18-19-12-16(22)15(11-13-7-3-1-4-8-13)21-17(23)20-14-9-5-2-6-10-14/h1-10,12,15H,11H2,(H2,20,21,23). The number of anilines is 1. The van der Waals surface area contributed by atoms with Crippen molar-refractivity contribution in [3.8, 4) is 0 Å². The van der Waals surface area contributed by atoms with Gasteiger partial charge in [-0.05, 0) is 29.9 Å². The lowest BCUT2D eigenvalue weighted by Crippen LogP contribution is -2.44. The Labute approximate surface area is 140 Å². The average molecular weight is 324 g/mol. The molecule has 2 aromatic carbocycles. The average Bonchev–Trinajstić information content (AvgIpc) is 2.56. The third kappa shape index (κ3) is 5.47. The molecular formula is C17H16N4OS. The second kappa shape index (κ2) is 8.58. The first kappa shape index (κ1) is 16.5. The Bertz CT molecular complexity index is 712. The van der Waals surface area contributed by atoms with Crippen LogP contribution in [0.2, 0.25) is 0 Å². The van der Waals surface area contributed by atoms with Crippen LogP contribution in [0.3, 0.4) is 0 Å². The predicted octanol–water partition coefficient (Wildman–Crippen LogP) is 2.45. The number of hydrogen-bond acceptors (Lipinski definition) is 2. The van der Waals surface area contributed by atoms with Gasteiger partial charge in [-0.3, -0.25) is 4.79 Å². The van der Waals surface area contributed by atoms with Crippen molar-refractivity contribution in [3.63, 3.8) is 0 Å². The molecule has 116 valence electrons. The van der Waals surface area contributed by atoms with Gasteiger partial charge in [0.1, 0.15) is 6.04 Å². The smallest absolute Gasteiger partial charge is 0.325 e. The normalized spacial score (nSPS) is 11.0. The largest absolute Gasteiger partial charge is 0.361 e. The lowest BCUT2D eigenvalue weighted by molar-refractivity contribution is -0.117. The molecule has 0 spiro atoms. The highest BCUT2D eigenvalue weighted by atomic mass is 32.1. The van der Waals surface area contributed by atoms with E-state index in [1.54, 1.807) is 0 Å². The van der Waals surface area contributed by atoms with Gasteiger partial charge in [-0.2, -0.15) is 4.79 Å². The van der Waals surface area contributed by atoms with E-state index in [0.717, 1.165) is 17.5 Å². The molecule has 2 N–H and O–H groups in total. The molecule has 0 aromatic heterocycles. The number of nitrogens with one attached hydrogen (secondary N) is 2. The molecule has 0 amide bonds. The fraction of sp³-hybridized carbons (Fsp3) is 0.118. The van der Waals surface area contributed by atoms with Crippen LogP contribution in [0.1, 0.15) is 5.56 Å². The van der Waals surface area contributed by atoms with Gasteiger partial charge >= 0.3 is 6.21 Å². The number of benzene rings is 2. The molecule has 0 saturated carbocycles. The Morgan fingerprint density at radius 1 is 1.13 bits per heavy atom. The highest BCUT2D eigenvalue weighted by Crippen LogP contribution is 2.07. The monoisotopic (exact) mass is 324 g/mol. The van der Waals surface area contributed by atoms with Crippen LogP contribution in [-0.4, -0.2) is 27.9 Å². The number of carbonyl (C=O) groups is 1. The van der Waals surface area contributed by atoms with Crippen LogP contribution in [-0.2, 0) is 11.2 Å². The Morgan fingerprint density at radius 2 is 1.74 bits per heavy atom. The van der Waals surface area contributed by atoms with Gasteiger partial charge in [0, 0.05) is 12.1 Å². The van der Waals surface area contributed by atoms with E-state index in [4.69, 9.17) is 17.7 Å². The van der Waals surface area contributed by atoms with Gasteiger partial charge in [0.25, 0.3) is 5.78 Å². The molecule has 6 heteroatoms. The molecule has 2 rings (SSSR count). The summed E-state index contributed by atoms with van der Waals surface area (Å²) in [5.74, 6) is -0.353. The molecule has 1 unspecified atom stereocenters. The molecule has 5 nitrogen and oxygen atoms in total. The first-order valence-corrected chi connectivity index (χ1v) is 7.47.